The minimum atomic E-state index is 0.00863. The van der Waals surface area contributed by atoms with Crippen LogP contribution in [0.2, 0.25) is 0 Å². The van der Waals surface area contributed by atoms with Gasteiger partial charge in [-0.05, 0) is 42.8 Å². The van der Waals surface area contributed by atoms with Gasteiger partial charge in [0.25, 0.3) is 0 Å². The highest BCUT2D eigenvalue weighted by atomic mass is 16.2. The van der Waals surface area contributed by atoms with Gasteiger partial charge >= 0.3 is 6.03 Å². The maximum Gasteiger partial charge on any atom is 0.329 e. The molecule has 1 saturated heterocycles. The normalized spacial score (nSPS) is 16.3. The second-order valence-electron chi connectivity index (χ2n) is 7.32. The van der Waals surface area contributed by atoms with E-state index in [0.29, 0.717) is 6.54 Å². The van der Waals surface area contributed by atoms with Crippen LogP contribution < -0.4 is 4.90 Å². The summed E-state index contributed by atoms with van der Waals surface area (Å²) in [7, 11) is 0. The summed E-state index contributed by atoms with van der Waals surface area (Å²) in [5, 5.41) is 0. The molecule has 144 valence electrons. The highest BCUT2D eigenvalue weighted by Crippen LogP contribution is 2.31. The molecule has 1 unspecified atom stereocenters. The van der Waals surface area contributed by atoms with Crippen LogP contribution in [-0.4, -0.2) is 33.6 Å². The standard InChI is InChI=1S/C24H22N4O/c29-24(28(19-9-3-1-4-10-19)20-11-5-2-6-12-20)26-16-15-21(17-26)27-18-25-22-13-7-8-14-23(22)27/h1-14,18,21H,15-17H2. The number of benzene rings is 3. The Hall–Kier alpha value is -3.60. The van der Waals surface area contributed by atoms with Crippen molar-refractivity contribution in [1.82, 2.24) is 14.5 Å². The minimum absolute atomic E-state index is 0.00863. The number of carbonyl (C=O) groups is 1. The van der Waals surface area contributed by atoms with Gasteiger partial charge < -0.3 is 9.47 Å². The minimum Gasteiger partial charge on any atom is -0.326 e. The smallest absolute Gasteiger partial charge is 0.326 e. The highest BCUT2D eigenvalue weighted by molar-refractivity contribution is 5.99. The first-order valence-electron chi connectivity index (χ1n) is 9.92. The van der Waals surface area contributed by atoms with Crippen LogP contribution in [-0.2, 0) is 0 Å². The van der Waals surface area contributed by atoms with Crippen LogP contribution >= 0.6 is 0 Å². The molecule has 2 amide bonds. The summed E-state index contributed by atoms with van der Waals surface area (Å²) >= 11 is 0. The molecule has 3 aromatic carbocycles. The van der Waals surface area contributed by atoms with E-state index in [-0.39, 0.29) is 12.1 Å². The number of rotatable bonds is 3. The van der Waals surface area contributed by atoms with Crippen molar-refractivity contribution in [2.75, 3.05) is 18.0 Å². The molecule has 5 nitrogen and oxygen atoms in total. The molecule has 1 aromatic heterocycles. The average Bonchev–Trinajstić information content (AvgIpc) is 3.42. The van der Waals surface area contributed by atoms with Crippen molar-refractivity contribution in [3.63, 3.8) is 0 Å². The molecule has 29 heavy (non-hydrogen) atoms. The number of carbonyl (C=O) groups excluding carboxylic acids is 1. The zero-order valence-electron chi connectivity index (χ0n) is 16.1. The maximum absolute atomic E-state index is 13.6. The summed E-state index contributed by atoms with van der Waals surface area (Å²) in [5.41, 5.74) is 3.86. The Kier molecular flexibility index (Phi) is 4.48. The van der Waals surface area contributed by atoms with Gasteiger partial charge in [0.2, 0.25) is 0 Å². The third-order valence-corrected chi connectivity index (χ3v) is 5.53. The molecule has 0 bridgehead atoms. The quantitative estimate of drug-likeness (QED) is 0.486. The molecule has 0 N–H and O–H groups in total. The molecule has 0 aliphatic carbocycles. The van der Waals surface area contributed by atoms with Crippen LogP contribution in [0.25, 0.3) is 11.0 Å². The molecule has 1 aliphatic heterocycles. The first-order valence-corrected chi connectivity index (χ1v) is 9.92. The van der Waals surface area contributed by atoms with E-state index in [9.17, 15) is 4.79 Å². The number of hydrogen-bond acceptors (Lipinski definition) is 2. The number of imidazole rings is 1. The van der Waals surface area contributed by atoms with E-state index in [2.05, 4.69) is 15.6 Å². The maximum atomic E-state index is 13.6. The van der Waals surface area contributed by atoms with Gasteiger partial charge in [0.05, 0.1) is 34.8 Å². The van der Waals surface area contributed by atoms with Crippen molar-refractivity contribution in [3.8, 4) is 0 Å². The lowest BCUT2D eigenvalue weighted by Crippen LogP contribution is -2.39. The summed E-state index contributed by atoms with van der Waals surface area (Å²) < 4.78 is 2.21. The Labute approximate surface area is 169 Å². The van der Waals surface area contributed by atoms with Gasteiger partial charge in [-0.15, -0.1) is 0 Å². The lowest BCUT2D eigenvalue weighted by Gasteiger charge is -2.28. The molecule has 2 heterocycles. The third kappa shape index (κ3) is 3.25. The Morgan fingerprint density at radius 1 is 0.862 bits per heavy atom. The summed E-state index contributed by atoms with van der Waals surface area (Å²) in [6.45, 7) is 1.40. The summed E-state index contributed by atoms with van der Waals surface area (Å²) in [5.74, 6) is 0. The van der Waals surface area contributed by atoms with Crippen molar-refractivity contribution in [2.24, 2.45) is 0 Å². The zero-order valence-corrected chi connectivity index (χ0v) is 16.1. The molecule has 1 aliphatic rings. The Morgan fingerprint density at radius 3 is 2.17 bits per heavy atom. The average molecular weight is 382 g/mol. The van der Waals surface area contributed by atoms with E-state index >= 15 is 0 Å². The van der Waals surface area contributed by atoms with Crippen molar-refractivity contribution in [3.05, 3.63) is 91.3 Å². The molecule has 1 atom stereocenters. The number of nitrogens with zero attached hydrogens (tertiary/aromatic N) is 4. The first-order chi connectivity index (χ1) is 14.3. The Bertz CT molecular complexity index is 1080. The highest BCUT2D eigenvalue weighted by Gasteiger charge is 2.32. The molecule has 0 saturated carbocycles. The van der Waals surface area contributed by atoms with Gasteiger partial charge in [-0.25, -0.2) is 9.78 Å². The number of aromatic nitrogens is 2. The largest absolute Gasteiger partial charge is 0.329 e. The molecular weight excluding hydrogens is 360 g/mol. The number of fused-ring (bicyclic) bond motifs is 1. The predicted molar refractivity (Wildman–Crippen MR) is 115 cm³/mol. The van der Waals surface area contributed by atoms with Crippen molar-refractivity contribution < 1.29 is 4.79 Å². The van der Waals surface area contributed by atoms with Crippen LogP contribution in [0.3, 0.4) is 0 Å². The van der Waals surface area contributed by atoms with Gasteiger partial charge in [0, 0.05) is 13.1 Å². The fraction of sp³-hybridized carbons (Fsp3) is 0.167. The van der Waals surface area contributed by atoms with Crippen LogP contribution in [0.1, 0.15) is 12.5 Å². The van der Waals surface area contributed by atoms with Gasteiger partial charge in [-0.2, -0.15) is 0 Å². The fourth-order valence-corrected chi connectivity index (χ4v) is 4.08. The first kappa shape index (κ1) is 17.5. The number of amides is 2. The van der Waals surface area contributed by atoms with E-state index in [1.165, 1.54) is 0 Å². The van der Waals surface area contributed by atoms with Crippen LogP contribution in [0, 0.1) is 0 Å². The Balaban J connectivity index is 1.43. The van der Waals surface area contributed by atoms with E-state index in [0.717, 1.165) is 35.4 Å². The number of anilines is 2. The monoisotopic (exact) mass is 382 g/mol. The molecule has 5 heteroatoms. The second-order valence-corrected chi connectivity index (χ2v) is 7.32. The van der Waals surface area contributed by atoms with Crippen molar-refractivity contribution in [1.29, 1.82) is 0 Å². The lowest BCUT2D eigenvalue weighted by atomic mass is 10.2. The number of para-hydroxylation sites is 4. The van der Waals surface area contributed by atoms with Crippen molar-refractivity contribution >= 4 is 28.4 Å². The summed E-state index contributed by atoms with van der Waals surface area (Å²) in [6, 6.07) is 28.1. The van der Waals surface area contributed by atoms with E-state index in [4.69, 9.17) is 0 Å². The molecule has 5 rings (SSSR count). The summed E-state index contributed by atoms with van der Waals surface area (Å²) in [4.78, 5) is 21.8. The van der Waals surface area contributed by atoms with Gasteiger partial charge in [0.15, 0.2) is 0 Å². The number of urea groups is 1. The van der Waals surface area contributed by atoms with Crippen molar-refractivity contribution in [2.45, 2.75) is 12.5 Å². The van der Waals surface area contributed by atoms with Gasteiger partial charge in [0.1, 0.15) is 0 Å². The van der Waals surface area contributed by atoms with Crippen LogP contribution in [0.4, 0.5) is 16.2 Å². The van der Waals surface area contributed by atoms with E-state index < -0.39 is 0 Å². The lowest BCUT2D eigenvalue weighted by molar-refractivity contribution is 0.216. The molecule has 0 radical (unpaired) electrons. The van der Waals surface area contributed by atoms with Crippen LogP contribution in [0.15, 0.2) is 91.3 Å². The van der Waals surface area contributed by atoms with Gasteiger partial charge in [-0.3, -0.25) is 4.90 Å². The molecule has 1 fully saturated rings. The Morgan fingerprint density at radius 2 is 1.48 bits per heavy atom. The topological polar surface area (TPSA) is 41.4 Å². The predicted octanol–water partition coefficient (Wildman–Crippen LogP) is 5.24. The molecule has 4 aromatic rings. The fourth-order valence-electron chi connectivity index (χ4n) is 4.08. The van der Waals surface area contributed by atoms with E-state index in [1.54, 1.807) is 4.90 Å². The van der Waals surface area contributed by atoms with Gasteiger partial charge in [-0.1, -0.05) is 48.5 Å². The molecule has 0 spiro atoms. The number of hydrogen-bond donors (Lipinski definition) is 0. The third-order valence-electron chi connectivity index (χ3n) is 5.53. The number of likely N-dealkylation sites (tertiary alicyclic amines) is 1. The summed E-state index contributed by atoms with van der Waals surface area (Å²) in [6.07, 6.45) is 2.82. The second kappa shape index (κ2) is 7.43. The molecular formula is C24H22N4O. The SMILES string of the molecule is O=C(N1CCC(n2cnc3ccccc32)C1)N(c1ccccc1)c1ccccc1. The zero-order chi connectivity index (χ0) is 19.6. The van der Waals surface area contributed by atoms with E-state index in [1.807, 2.05) is 90.1 Å². The van der Waals surface area contributed by atoms with Crippen LogP contribution in [0.5, 0.6) is 0 Å².